The van der Waals surface area contributed by atoms with Crippen molar-refractivity contribution in [2.75, 3.05) is 20.6 Å². The fourth-order valence-corrected chi connectivity index (χ4v) is 1.60. The maximum Gasteiger partial charge on any atom is 0.233 e. The van der Waals surface area contributed by atoms with E-state index in [-0.39, 0.29) is 24.0 Å². The fraction of sp³-hybridized carbons (Fsp3) is 0.385. The Kier molecular flexibility index (Phi) is 4.85. The van der Waals surface area contributed by atoms with Crippen LogP contribution in [-0.2, 0) is 11.3 Å². The zero-order valence-electron chi connectivity index (χ0n) is 10.9. The van der Waals surface area contributed by atoms with Crippen LogP contribution >= 0.6 is 0 Å². The van der Waals surface area contributed by atoms with Crippen molar-refractivity contribution in [1.29, 1.82) is 0 Å². The first-order valence-electron chi connectivity index (χ1n) is 5.66. The molecule has 0 atom stereocenters. The van der Waals surface area contributed by atoms with Gasteiger partial charge >= 0.3 is 0 Å². The number of phenols is 1. The standard InChI is InChI=1S/C13H18N2O3/c1-9(16)10-4-5-12(17)11(6-10)7-15(3)8-13(18)14-2/h4-6,17H,7-8H2,1-3H3,(H,14,18). The van der Waals surface area contributed by atoms with Crippen molar-refractivity contribution < 1.29 is 14.7 Å². The Hall–Kier alpha value is -1.88. The Bertz CT molecular complexity index is 458. The summed E-state index contributed by atoms with van der Waals surface area (Å²) in [5.41, 5.74) is 1.19. The number of ketones is 1. The predicted molar refractivity (Wildman–Crippen MR) is 68.5 cm³/mol. The average molecular weight is 250 g/mol. The van der Waals surface area contributed by atoms with Gasteiger partial charge in [0.2, 0.25) is 5.91 Å². The van der Waals surface area contributed by atoms with Crippen LogP contribution < -0.4 is 5.32 Å². The molecule has 1 aromatic carbocycles. The van der Waals surface area contributed by atoms with Crippen molar-refractivity contribution in [2.24, 2.45) is 0 Å². The number of carbonyl (C=O) groups excluding carboxylic acids is 2. The van der Waals surface area contributed by atoms with Gasteiger partial charge in [-0.25, -0.2) is 0 Å². The predicted octanol–water partition coefficient (Wildman–Crippen LogP) is 0.773. The summed E-state index contributed by atoms with van der Waals surface area (Å²) in [5, 5.41) is 12.2. The molecule has 1 aromatic rings. The summed E-state index contributed by atoms with van der Waals surface area (Å²) >= 11 is 0. The average Bonchev–Trinajstić information content (AvgIpc) is 2.31. The van der Waals surface area contributed by atoms with Crippen LogP contribution in [0.1, 0.15) is 22.8 Å². The Morgan fingerprint density at radius 1 is 1.39 bits per heavy atom. The van der Waals surface area contributed by atoms with Gasteiger partial charge in [0.25, 0.3) is 0 Å². The van der Waals surface area contributed by atoms with Gasteiger partial charge in [0.05, 0.1) is 6.54 Å². The second-order valence-electron chi connectivity index (χ2n) is 4.25. The molecule has 0 saturated carbocycles. The molecule has 0 aliphatic rings. The lowest BCUT2D eigenvalue weighted by atomic mass is 10.1. The minimum absolute atomic E-state index is 0.0507. The second kappa shape index (κ2) is 6.16. The summed E-state index contributed by atoms with van der Waals surface area (Å²) in [6, 6.07) is 4.73. The lowest BCUT2D eigenvalue weighted by Crippen LogP contribution is -2.32. The Balaban J connectivity index is 2.80. The molecule has 0 saturated heterocycles. The van der Waals surface area contributed by atoms with E-state index in [0.717, 1.165) is 0 Å². The van der Waals surface area contributed by atoms with Crippen molar-refractivity contribution in [3.63, 3.8) is 0 Å². The monoisotopic (exact) mass is 250 g/mol. The summed E-state index contributed by atoms with van der Waals surface area (Å²) in [5.74, 6) is -0.0197. The zero-order chi connectivity index (χ0) is 13.7. The number of benzene rings is 1. The van der Waals surface area contributed by atoms with Gasteiger partial charge in [0.1, 0.15) is 5.75 Å². The summed E-state index contributed by atoms with van der Waals surface area (Å²) in [7, 11) is 3.35. The Morgan fingerprint density at radius 2 is 2.06 bits per heavy atom. The number of aromatic hydroxyl groups is 1. The summed E-state index contributed by atoms with van der Waals surface area (Å²) < 4.78 is 0. The van der Waals surface area contributed by atoms with Crippen LogP contribution in [0.25, 0.3) is 0 Å². The maximum absolute atomic E-state index is 11.3. The van der Waals surface area contributed by atoms with E-state index in [9.17, 15) is 14.7 Å². The molecule has 0 radical (unpaired) electrons. The van der Waals surface area contributed by atoms with Crippen LogP contribution in [0.15, 0.2) is 18.2 Å². The SMILES string of the molecule is CNC(=O)CN(C)Cc1cc(C(C)=O)ccc1O. The van der Waals surface area contributed by atoms with Gasteiger partial charge in [0.15, 0.2) is 5.78 Å². The first kappa shape index (κ1) is 14.2. The van der Waals surface area contributed by atoms with Gasteiger partial charge in [-0.05, 0) is 32.2 Å². The van der Waals surface area contributed by atoms with Crippen LogP contribution in [-0.4, -0.2) is 42.3 Å². The molecule has 5 nitrogen and oxygen atoms in total. The highest BCUT2D eigenvalue weighted by molar-refractivity contribution is 5.94. The van der Waals surface area contributed by atoms with E-state index < -0.39 is 0 Å². The third-order valence-corrected chi connectivity index (χ3v) is 2.62. The molecule has 0 aliphatic heterocycles. The lowest BCUT2D eigenvalue weighted by Gasteiger charge is -2.16. The first-order chi connectivity index (χ1) is 8.43. The first-order valence-corrected chi connectivity index (χ1v) is 5.66. The number of nitrogens with zero attached hydrogens (tertiary/aromatic N) is 1. The number of Topliss-reactive ketones (excluding diaryl/α,β-unsaturated/α-hetero) is 1. The van der Waals surface area contributed by atoms with E-state index >= 15 is 0 Å². The molecular formula is C13H18N2O3. The van der Waals surface area contributed by atoms with Crippen molar-refractivity contribution in [3.8, 4) is 5.75 Å². The second-order valence-corrected chi connectivity index (χ2v) is 4.25. The Morgan fingerprint density at radius 3 is 2.61 bits per heavy atom. The van der Waals surface area contributed by atoms with Gasteiger partial charge in [-0.3, -0.25) is 14.5 Å². The van der Waals surface area contributed by atoms with E-state index in [1.54, 1.807) is 31.1 Å². The molecule has 5 heteroatoms. The van der Waals surface area contributed by atoms with Gasteiger partial charge in [-0.15, -0.1) is 0 Å². The number of amides is 1. The van der Waals surface area contributed by atoms with E-state index in [4.69, 9.17) is 0 Å². The topological polar surface area (TPSA) is 69.6 Å². The van der Waals surface area contributed by atoms with Crippen LogP contribution in [0.2, 0.25) is 0 Å². The van der Waals surface area contributed by atoms with Crippen molar-refractivity contribution in [2.45, 2.75) is 13.5 Å². The molecule has 18 heavy (non-hydrogen) atoms. The third kappa shape index (κ3) is 3.85. The summed E-state index contributed by atoms with van der Waals surface area (Å²) in [4.78, 5) is 24.2. The van der Waals surface area contributed by atoms with E-state index in [0.29, 0.717) is 17.7 Å². The summed E-state index contributed by atoms with van der Waals surface area (Å²) in [6.45, 7) is 2.12. The van der Waals surface area contributed by atoms with Gasteiger partial charge < -0.3 is 10.4 Å². The molecule has 0 bridgehead atoms. The van der Waals surface area contributed by atoms with Crippen LogP contribution in [0.5, 0.6) is 5.75 Å². The van der Waals surface area contributed by atoms with Crippen molar-refractivity contribution >= 4 is 11.7 Å². The molecule has 98 valence electrons. The van der Waals surface area contributed by atoms with Gasteiger partial charge in [0, 0.05) is 24.7 Å². The molecule has 0 fully saturated rings. The van der Waals surface area contributed by atoms with E-state index in [1.165, 1.54) is 13.0 Å². The lowest BCUT2D eigenvalue weighted by molar-refractivity contribution is -0.121. The number of hydrogen-bond acceptors (Lipinski definition) is 4. The van der Waals surface area contributed by atoms with Crippen LogP contribution in [0.3, 0.4) is 0 Å². The van der Waals surface area contributed by atoms with Gasteiger partial charge in [-0.2, -0.15) is 0 Å². The molecule has 0 aromatic heterocycles. The molecule has 0 heterocycles. The normalized spacial score (nSPS) is 10.4. The quantitative estimate of drug-likeness (QED) is 0.757. The van der Waals surface area contributed by atoms with Gasteiger partial charge in [-0.1, -0.05) is 0 Å². The smallest absolute Gasteiger partial charge is 0.233 e. The third-order valence-electron chi connectivity index (χ3n) is 2.62. The number of phenolic OH excluding ortho intramolecular Hbond substituents is 1. The molecule has 0 aliphatic carbocycles. The minimum atomic E-state index is -0.0975. The molecular weight excluding hydrogens is 232 g/mol. The highest BCUT2D eigenvalue weighted by Crippen LogP contribution is 2.20. The zero-order valence-corrected chi connectivity index (χ0v) is 10.9. The number of nitrogens with one attached hydrogen (secondary N) is 1. The molecule has 1 rings (SSSR count). The van der Waals surface area contributed by atoms with Crippen LogP contribution in [0.4, 0.5) is 0 Å². The number of hydrogen-bond donors (Lipinski definition) is 2. The number of likely N-dealkylation sites (N-methyl/N-ethyl adjacent to an activating group) is 2. The molecule has 1 amide bonds. The number of carbonyl (C=O) groups is 2. The van der Waals surface area contributed by atoms with Crippen molar-refractivity contribution in [1.82, 2.24) is 10.2 Å². The maximum atomic E-state index is 11.3. The van der Waals surface area contributed by atoms with Crippen molar-refractivity contribution in [3.05, 3.63) is 29.3 Å². The fourth-order valence-electron chi connectivity index (χ4n) is 1.60. The molecule has 0 unspecified atom stereocenters. The molecule has 2 N–H and O–H groups in total. The number of rotatable bonds is 5. The minimum Gasteiger partial charge on any atom is -0.508 e. The van der Waals surface area contributed by atoms with Crippen LogP contribution in [0, 0.1) is 0 Å². The largest absolute Gasteiger partial charge is 0.508 e. The van der Waals surface area contributed by atoms with E-state index in [1.807, 2.05) is 0 Å². The highest BCUT2D eigenvalue weighted by Gasteiger charge is 2.10. The van der Waals surface area contributed by atoms with E-state index in [2.05, 4.69) is 5.32 Å². The molecule has 0 spiro atoms. The Labute approximate surface area is 106 Å². The summed E-state index contributed by atoms with van der Waals surface area (Å²) in [6.07, 6.45) is 0. The highest BCUT2D eigenvalue weighted by atomic mass is 16.3.